The molecule has 7 heteroatoms. The second-order valence-electron chi connectivity index (χ2n) is 6.78. The Kier molecular flexibility index (Phi) is 9.28. The summed E-state index contributed by atoms with van der Waals surface area (Å²) in [6.45, 7) is 4.39. The number of nitrogens with zero attached hydrogens (tertiary/aromatic N) is 1. The maximum Gasteiger partial charge on any atom is 0.242 e. The second-order valence-corrected chi connectivity index (χ2v) is 8.00. The van der Waals surface area contributed by atoms with Gasteiger partial charge in [-0.3, -0.25) is 9.59 Å². The van der Waals surface area contributed by atoms with Crippen LogP contribution in [-0.2, 0) is 22.6 Å². The van der Waals surface area contributed by atoms with E-state index in [-0.39, 0.29) is 24.8 Å². The molecule has 0 radical (unpaired) electrons. The number of benzene rings is 2. The van der Waals surface area contributed by atoms with Crippen LogP contribution < -0.4 is 5.32 Å². The van der Waals surface area contributed by atoms with Gasteiger partial charge in [-0.25, -0.2) is 0 Å². The van der Waals surface area contributed by atoms with Gasteiger partial charge in [0.1, 0.15) is 6.04 Å². The highest BCUT2D eigenvalue weighted by Gasteiger charge is 2.27. The van der Waals surface area contributed by atoms with Crippen LogP contribution in [0.25, 0.3) is 0 Å². The summed E-state index contributed by atoms with van der Waals surface area (Å²) in [6, 6.07) is 11.9. The van der Waals surface area contributed by atoms with Gasteiger partial charge in [-0.2, -0.15) is 0 Å². The molecular weight excluding hydrogens is 431 g/mol. The van der Waals surface area contributed by atoms with Crippen molar-refractivity contribution in [3.63, 3.8) is 0 Å². The Balaban J connectivity index is 2.22. The molecule has 0 bridgehead atoms. The van der Waals surface area contributed by atoms with E-state index in [1.165, 1.54) is 4.90 Å². The lowest BCUT2D eigenvalue weighted by molar-refractivity contribution is -0.140. The van der Waals surface area contributed by atoms with Crippen LogP contribution in [0.15, 0.2) is 42.5 Å². The zero-order valence-corrected chi connectivity index (χ0v) is 18.8. The van der Waals surface area contributed by atoms with Crippen LogP contribution in [0.2, 0.25) is 15.1 Å². The lowest BCUT2D eigenvalue weighted by Crippen LogP contribution is -2.47. The summed E-state index contributed by atoms with van der Waals surface area (Å²) >= 11 is 18.8. The number of hydrogen-bond donors (Lipinski definition) is 1. The number of carbonyl (C=O) groups excluding carboxylic acids is 2. The summed E-state index contributed by atoms with van der Waals surface area (Å²) in [5, 5.41) is 4.39. The highest BCUT2D eigenvalue weighted by atomic mass is 35.5. The van der Waals surface area contributed by atoms with Crippen LogP contribution in [-0.4, -0.2) is 29.3 Å². The Morgan fingerprint density at radius 1 is 1.00 bits per heavy atom. The summed E-state index contributed by atoms with van der Waals surface area (Å²) in [4.78, 5) is 27.2. The number of aryl methyl sites for hydroxylation is 1. The maximum absolute atomic E-state index is 13.1. The molecule has 2 amide bonds. The number of halogens is 3. The maximum atomic E-state index is 13.1. The average molecular weight is 456 g/mol. The van der Waals surface area contributed by atoms with Gasteiger partial charge in [0.05, 0.1) is 0 Å². The minimum Gasteiger partial charge on any atom is -0.354 e. The first kappa shape index (κ1) is 23.5. The monoisotopic (exact) mass is 454 g/mol. The van der Waals surface area contributed by atoms with Gasteiger partial charge in [0, 0.05) is 40.1 Å². The van der Waals surface area contributed by atoms with Gasteiger partial charge in [0.25, 0.3) is 0 Å². The molecule has 0 saturated carbocycles. The van der Waals surface area contributed by atoms with Gasteiger partial charge in [-0.1, -0.05) is 66.0 Å². The van der Waals surface area contributed by atoms with E-state index >= 15 is 0 Å². The molecule has 2 rings (SSSR count). The fraction of sp³-hybridized carbons (Fsp3) is 0.364. The van der Waals surface area contributed by atoms with Gasteiger partial charge in [0.15, 0.2) is 0 Å². The third-order valence-corrected chi connectivity index (χ3v) is 5.75. The second kappa shape index (κ2) is 11.4. The van der Waals surface area contributed by atoms with E-state index < -0.39 is 6.04 Å². The predicted molar refractivity (Wildman–Crippen MR) is 120 cm³/mol. The molecule has 0 fully saturated rings. The predicted octanol–water partition coefficient (Wildman–Crippen LogP) is 5.52. The summed E-state index contributed by atoms with van der Waals surface area (Å²) < 4.78 is 0. The number of rotatable bonds is 9. The number of carbonyl (C=O) groups is 2. The minimum atomic E-state index is -0.660. The molecule has 0 heterocycles. The van der Waals surface area contributed by atoms with Crippen molar-refractivity contribution in [2.24, 2.45) is 0 Å². The van der Waals surface area contributed by atoms with Gasteiger partial charge in [0.2, 0.25) is 11.8 Å². The molecule has 29 heavy (non-hydrogen) atoms. The quantitative estimate of drug-likeness (QED) is 0.541. The first-order valence-corrected chi connectivity index (χ1v) is 10.7. The molecule has 1 N–H and O–H groups in total. The van der Waals surface area contributed by atoms with Crippen molar-refractivity contribution in [2.75, 3.05) is 6.54 Å². The first-order chi connectivity index (χ1) is 13.8. The lowest BCUT2D eigenvalue weighted by atomic mass is 10.1. The van der Waals surface area contributed by atoms with Crippen molar-refractivity contribution < 1.29 is 9.59 Å². The lowest BCUT2D eigenvalue weighted by Gasteiger charge is -2.29. The van der Waals surface area contributed by atoms with Crippen LogP contribution >= 0.6 is 34.8 Å². The summed E-state index contributed by atoms with van der Waals surface area (Å²) in [5.74, 6) is -0.374. The van der Waals surface area contributed by atoms with Gasteiger partial charge < -0.3 is 10.2 Å². The molecule has 1 atom stereocenters. The third-order valence-electron chi connectivity index (χ3n) is 4.67. The highest BCUT2D eigenvalue weighted by Crippen LogP contribution is 2.27. The van der Waals surface area contributed by atoms with Crippen LogP contribution in [0.1, 0.15) is 37.8 Å². The SMILES string of the molecule is CCCNC(=O)[C@H](C)N(Cc1c(Cl)cccc1Cl)C(=O)CCc1ccccc1Cl. The molecule has 0 aliphatic carbocycles. The first-order valence-electron chi connectivity index (χ1n) is 9.58. The Bertz CT molecular complexity index is 837. The molecular formula is C22H25Cl3N2O2. The van der Waals surface area contributed by atoms with Crippen molar-refractivity contribution in [2.45, 2.75) is 45.7 Å². The average Bonchev–Trinajstić information content (AvgIpc) is 2.70. The van der Waals surface area contributed by atoms with Crippen LogP contribution in [0, 0.1) is 0 Å². The zero-order chi connectivity index (χ0) is 21.4. The summed E-state index contributed by atoms with van der Waals surface area (Å²) in [5.41, 5.74) is 1.51. The molecule has 4 nitrogen and oxygen atoms in total. The van der Waals surface area contributed by atoms with Gasteiger partial charge >= 0.3 is 0 Å². The Hall–Kier alpha value is -1.75. The largest absolute Gasteiger partial charge is 0.354 e. The smallest absolute Gasteiger partial charge is 0.242 e. The van der Waals surface area contributed by atoms with E-state index in [1.54, 1.807) is 31.2 Å². The zero-order valence-electron chi connectivity index (χ0n) is 16.6. The molecule has 0 spiro atoms. The van der Waals surface area contributed by atoms with E-state index in [0.29, 0.717) is 33.6 Å². The van der Waals surface area contributed by atoms with Crippen molar-refractivity contribution in [3.8, 4) is 0 Å². The molecule has 0 unspecified atom stereocenters. The molecule has 156 valence electrons. The molecule has 0 aromatic heterocycles. The van der Waals surface area contributed by atoms with Gasteiger partial charge in [-0.15, -0.1) is 0 Å². The molecule has 0 aliphatic heterocycles. The van der Waals surface area contributed by atoms with E-state index in [4.69, 9.17) is 34.8 Å². The molecule has 0 aliphatic rings. The van der Waals surface area contributed by atoms with Crippen LogP contribution in [0.4, 0.5) is 0 Å². The van der Waals surface area contributed by atoms with E-state index in [9.17, 15) is 9.59 Å². The summed E-state index contributed by atoms with van der Waals surface area (Å²) in [7, 11) is 0. The van der Waals surface area contributed by atoms with Crippen LogP contribution in [0.3, 0.4) is 0 Å². The van der Waals surface area contributed by atoms with Gasteiger partial charge in [-0.05, 0) is 43.5 Å². The third kappa shape index (κ3) is 6.63. The van der Waals surface area contributed by atoms with Crippen molar-refractivity contribution in [1.82, 2.24) is 10.2 Å². The molecule has 2 aromatic carbocycles. The molecule has 2 aromatic rings. The number of amides is 2. The normalized spacial score (nSPS) is 11.8. The van der Waals surface area contributed by atoms with Crippen LogP contribution in [0.5, 0.6) is 0 Å². The highest BCUT2D eigenvalue weighted by molar-refractivity contribution is 6.36. The fourth-order valence-electron chi connectivity index (χ4n) is 2.92. The molecule has 0 saturated heterocycles. The van der Waals surface area contributed by atoms with E-state index in [2.05, 4.69) is 5.32 Å². The summed E-state index contributed by atoms with van der Waals surface area (Å²) in [6.07, 6.45) is 1.51. The standard InChI is InChI=1S/C22H25Cl3N2O2/c1-3-13-26-22(29)15(2)27(14-17-19(24)9-6-10-20(17)25)21(28)12-11-16-7-4-5-8-18(16)23/h4-10,15H,3,11-14H2,1-2H3,(H,26,29)/t15-/m0/s1. The van der Waals surface area contributed by atoms with Crippen molar-refractivity contribution in [3.05, 3.63) is 68.7 Å². The topological polar surface area (TPSA) is 49.4 Å². The van der Waals surface area contributed by atoms with E-state index in [1.807, 2.05) is 25.1 Å². The Morgan fingerprint density at radius 3 is 2.24 bits per heavy atom. The van der Waals surface area contributed by atoms with E-state index in [0.717, 1.165) is 12.0 Å². The Morgan fingerprint density at radius 2 is 1.62 bits per heavy atom. The fourth-order valence-corrected chi connectivity index (χ4v) is 3.67. The minimum absolute atomic E-state index is 0.153. The number of hydrogen-bond acceptors (Lipinski definition) is 2. The van der Waals surface area contributed by atoms with Crippen molar-refractivity contribution in [1.29, 1.82) is 0 Å². The Labute approximate surface area is 187 Å². The van der Waals surface area contributed by atoms with Crippen molar-refractivity contribution >= 4 is 46.6 Å². The number of nitrogens with one attached hydrogen (secondary N) is 1.